The van der Waals surface area contributed by atoms with Crippen LogP contribution in [0.3, 0.4) is 0 Å². The number of hydrogen-bond donors (Lipinski definition) is 2. The first-order valence-corrected chi connectivity index (χ1v) is 13.3. The zero-order valence-electron chi connectivity index (χ0n) is 22.8. The summed E-state index contributed by atoms with van der Waals surface area (Å²) in [6.07, 6.45) is 3.24. The van der Waals surface area contributed by atoms with Crippen LogP contribution in [0.2, 0.25) is 0 Å². The molecule has 0 aliphatic carbocycles. The summed E-state index contributed by atoms with van der Waals surface area (Å²) in [5, 5.41) is 21.7. The van der Waals surface area contributed by atoms with Crippen molar-refractivity contribution in [2.75, 3.05) is 6.61 Å². The average molecular weight is 551 g/mol. The predicted molar refractivity (Wildman–Crippen MR) is 153 cm³/mol. The molecule has 0 unspecified atom stereocenters. The molecule has 1 saturated heterocycles. The van der Waals surface area contributed by atoms with E-state index >= 15 is 0 Å². The summed E-state index contributed by atoms with van der Waals surface area (Å²) >= 11 is 0. The van der Waals surface area contributed by atoms with Crippen molar-refractivity contribution in [1.82, 2.24) is 9.88 Å². The first-order valence-electron chi connectivity index (χ1n) is 13.3. The minimum absolute atomic E-state index is 0.0551. The molecule has 8 heteroatoms. The second kappa shape index (κ2) is 12.0. The molecular formula is C33H30N2O6. The van der Waals surface area contributed by atoms with Crippen LogP contribution in [0.25, 0.3) is 5.76 Å². The maximum absolute atomic E-state index is 13.4. The van der Waals surface area contributed by atoms with Crippen molar-refractivity contribution in [2.45, 2.75) is 33.0 Å². The Morgan fingerprint density at radius 1 is 0.951 bits per heavy atom. The fourth-order valence-electron chi connectivity index (χ4n) is 4.88. The van der Waals surface area contributed by atoms with Gasteiger partial charge in [0, 0.05) is 24.5 Å². The van der Waals surface area contributed by atoms with Crippen LogP contribution >= 0.6 is 0 Å². The number of aromatic nitrogens is 1. The zero-order valence-corrected chi connectivity index (χ0v) is 22.8. The highest BCUT2D eigenvalue weighted by atomic mass is 16.5. The van der Waals surface area contributed by atoms with Crippen LogP contribution in [-0.2, 0) is 22.7 Å². The van der Waals surface area contributed by atoms with E-state index < -0.39 is 17.7 Å². The van der Waals surface area contributed by atoms with E-state index in [2.05, 4.69) is 4.98 Å². The number of ether oxygens (including phenoxy) is 2. The quantitative estimate of drug-likeness (QED) is 0.156. The summed E-state index contributed by atoms with van der Waals surface area (Å²) < 4.78 is 11.5. The second-order valence-corrected chi connectivity index (χ2v) is 9.75. The van der Waals surface area contributed by atoms with Crippen molar-refractivity contribution in [3.63, 3.8) is 0 Å². The van der Waals surface area contributed by atoms with Gasteiger partial charge in [0.05, 0.1) is 18.2 Å². The maximum Gasteiger partial charge on any atom is 0.295 e. The largest absolute Gasteiger partial charge is 0.507 e. The molecule has 2 heterocycles. The van der Waals surface area contributed by atoms with Gasteiger partial charge in [-0.15, -0.1) is 0 Å². The summed E-state index contributed by atoms with van der Waals surface area (Å²) in [6.45, 7) is 4.59. The van der Waals surface area contributed by atoms with E-state index in [1.54, 1.807) is 67.8 Å². The molecule has 0 radical (unpaired) electrons. The number of carbonyl (C=O) groups excluding carboxylic acids is 2. The highest BCUT2D eigenvalue weighted by molar-refractivity contribution is 6.46. The SMILES string of the molecule is CCOc1cc([C@@H]2/C(=C(\O)c3ccc(OCc4cccc(C)c4)cc3)C(=O)C(=O)N2Cc2cccnc2)ccc1O. The smallest absolute Gasteiger partial charge is 0.295 e. The van der Waals surface area contributed by atoms with Gasteiger partial charge >= 0.3 is 0 Å². The van der Waals surface area contributed by atoms with Crippen LogP contribution in [0.5, 0.6) is 17.2 Å². The molecule has 1 aliphatic rings. The highest BCUT2D eigenvalue weighted by Crippen LogP contribution is 2.42. The van der Waals surface area contributed by atoms with Gasteiger partial charge in [-0.2, -0.15) is 0 Å². The lowest BCUT2D eigenvalue weighted by molar-refractivity contribution is -0.140. The fourth-order valence-corrected chi connectivity index (χ4v) is 4.88. The molecule has 3 aromatic carbocycles. The number of phenols is 1. The van der Waals surface area contributed by atoms with Crippen molar-refractivity contribution < 1.29 is 29.3 Å². The van der Waals surface area contributed by atoms with Crippen molar-refractivity contribution in [3.8, 4) is 17.2 Å². The fraction of sp³-hybridized carbons (Fsp3) is 0.182. The lowest BCUT2D eigenvalue weighted by atomic mass is 9.94. The van der Waals surface area contributed by atoms with Gasteiger partial charge in [-0.05, 0) is 73.0 Å². The number of rotatable bonds is 9. The summed E-state index contributed by atoms with van der Waals surface area (Å²) in [4.78, 5) is 32.2. The number of aromatic hydroxyl groups is 1. The summed E-state index contributed by atoms with van der Waals surface area (Å²) in [7, 11) is 0. The van der Waals surface area contributed by atoms with Gasteiger partial charge in [0.15, 0.2) is 11.5 Å². The Kier molecular flexibility index (Phi) is 8.01. The zero-order chi connectivity index (χ0) is 28.9. The number of nitrogens with zero attached hydrogens (tertiary/aromatic N) is 2. The third-order valence-electron chi connectivity index (χ3n) is 6.83. The lowest BCUT2D eigenvalue weighted by Crippen LogP contribution is -2.29. The summed E-state index contributed by atoms with van der Waals surface area (Å²) in [5.74, 6) is -1.12. The van der Waals surface area contributed by atoms with Crippen LogP contribution in [0.1, 0.15) is 40.8 Å². The number of ketones is 1. The molecule has 0 bridgehead atoms. The number of amides is 1. The van der Waals surface area contributed by atoms with Crippen molar-refractivity contribution >= 4 is 17.4 Å². The number of likely N-dealkylation sites (tertiary alicyclic amines) is 1. The Balaban J connectivity index is 1.50. The number of carbonyl (C=O) groups is 2. The maximum atomic E-state index is 13.4. The number of pyridine rings is 1. The number of aliphatic hydroxyl groups excluding tert-OH is 1. The van der Waals surface area contributed by atoms with Crippen molar-refractivity contribution in [3.05, 3.63) is 125 Å². The van der Waals surface area contributed by atoms with Crippen LogP contribution in [-0.4, -0.2) is 38.4 Å². The second-order valence-electron chi connectivity index (χ2n) is 9.75. The molecule has 1 amide bonds. The summed E-state index contributed by atoms with van der Waals surface area (Å²) in [6, 6.07) is 22.0. The number of benzene rings is 3. The number of Topliss-reactive ketones (excluding diaryl/α,β-unsaturated/α-hetero) is 1. The molecular weight excluding hydrogens is 520 g/mol. The first kappa shape index (κ1) is 27.5. The van der Waals surface area contributed by atoms with Crippen LogP contribution in [0.15, 0.2) is 96.8 Å². The Morgan fingerprint density at radius 3 is 2.44 bits per heavy atom. The molecule has 5 rings (SSSR count). The number of aliphatic hydroxyl groups is 1. The van der Waals surface area contributed by atoms with Gasteiger partial charge in [-0.1, -0.05) is 42.0 Å². The molecule has 208 valence electrons. The topological polar surface area (TPSA) is 109 Å². The van der Waals surface area contributed by atoms with E-state index in [1.807, 2.05) is 31.2 Å². The Labute approximate surface area is 238 Å². The summed E-state index contributed by atoms with van der Waals surface area (Å²) in [5.41, 5.74) is 3.71. The predicted octanol–water partition coefficient (Wildman–Crippen LogP) is 5.70. The molecule has 2 N–H and O–H groups in total. The van der Waals surface area contributed by atoms with E-state index in [9.17, 15) is 19.8 Å². The third-order valence-corrected chi connectivity index (χ3v) is 6.83. The van der Waals surface area contributed by atoms with Gasteiger partial charge in [-0.25, -0.2) is 0 Å². The monoisotopic (exact) mass is 550 g/mol. The van der Waals surface area contributed by atoms with Gasteiger partial charge < -0.3 is 24.6 Å². The number of phenolic OH excluding ortho intramolecular Hbond substituents is 1. The van der Waals surface area contributed by atoms with Crippen LogP contribution in [0.4, 0.5) is 0 Å². The highest BCUT2D eigenvalue weighted by Gasteiger charge is 2.46. The molecule has 0 saturated carbocycles. The van der Waals surface area contributed by atoms with Crippen LogP contribution in [0, 0.1) is 6.92 Å². The molecule has 1 fully saturated rings. The van der Waals surface area contributed by atoms with Gasteiger partial charge in [0.2, 0.25) is 0 Å². The molecule has 41 heavy (non-hydrogen) atoms. The van der Waals surface area contributed by atoms with Gasteiger partial charge in [0.1, 0.15) is 18.1 Å². The average Bonchev–Trinajstić information content (AvgIpc) is 3.23. The normalized spacial score (nSPS) is 16.1. The van der Waals surface area contributed by atoms with E-state index in [4.69, 9.17) is 9.47 Å². The number of aryl methyl sites for hydroxylation is 1. The first-order chi connectivity index (χ1) is 19.9. The Morgan fingerprint density at radius 2 is 1.73 bits per heavy atom. The van der Waals surface area contributed by atoms with Crippen LogP contribution < -0.4 is 9.47 Å². The Bertz CT molecular complexity index is 1600. The van der Waals surface area contributed by atoms with Crippen molar-refractivity contribution in [2.24, 2.45) is 0 Å². The molecule has 1 aliphatic heterocycles. The van der Waals surface area contributed by atoms with Gasteiger partial charge in [-0.3, -0.25) is 14.6 Å². The van der Waals surface area contributed by atoms with E-state index in [1.165, 1.54) is 11.0 Å². The number of hydrogen-bond acceptors (Lipinski definition) is 7. The van der Waals surface area contributed by atoms with E-state index in [0.717, 1.165) is 16.7 Å². The minimum Gasteiger partial charge on any atom is -0.507 e. The van der Waals surface area contributed by atoms with Gasteiger partial charge in [0.25, 0.3) is 11.7 Å². The molecule has 4 aromatic rings. The standard InChI is InChI=1S/C33H30N2O6/c1-3-40-28-17-25(11-14-27(28)36)30-29(32(38)33(39)35(30)19-23-8-5-15-34-18-23)31(37)24-9-12-26(13-10-24)41-20-22-7-4-6-21(2)16-22/h4-18,30,36-37H,3,19-20H2,1-2H3/b31-29+/t30-/m1/s1. The minimum atomic E-state index is -0.924. The third kappa shape index (κ3) is 5.91. The van der Waals surface area contributed by atoms with Crippen molar-refractivity contribution in [1.29, 1.82) is 0 Å². The molecule has 8 nitrogen and oxygen atoms in total. The Hall–Kier alpha value is -5.11. The van der Waals surface area contributed by atoms with E-state index in [0.29, 0.717) is 30.1 Å². The molecule has 1 atom stereocenters. The molecule has 1 aromatic heterocycles. The van der Waals surface area contributed by atoms with E-state index in [-0.39, 0.29) is 29.4 Å². The molecule has 0 spiro atoms. The lowest BCUT2D eigenvalue weighted by Gasteiger charge is -2.26.